The van der Waals surface area contributed by atoms with E-state index in [-0.39, 0.29) is 12.1 Å². The molecule has 2 heterocycles. The third-order valence-corrected chi connectivity index (χ3v) is 4.81. The molecule has 0 aromatic heterocycles. The number of carbonyl (C=O) groups excluding carboxylic acids is 1. The number of hydrogen-bond acceptors (Lipinski definition) is 3. The van der Waals surface area contributed by atoms with Crippen LogP contribution in [0.4, 0.5) is 0 Å². The number of amides is 1. The quantitative estimate of drug-likeness (QED) is 0.858. The van der Waals surface area contributed by atoms with Crippen LogP contribution >= 0.6 is 0 Å². The lowest BCUT2D eigenvalue weighted by molar-refractivity contribution is -0.139. The fraction of sp³-hybridized carbons (Fsp3) is 0.938. The summed E-state index contributed by atoms with van der Waals surface area (Å²) in [6.45, 7) is 6.76. The molecule has 2 aliphatic heterocycles. The van der Waals surface area contributed by atoms with Crippen LogP contribution in [0.3, 0.4) is 0 Å². The molecular weight excluding hydrogens is 252 g/mol. The maximum absolute atomic E-state index is 12.7. The van der Waals surface area contributed by atoms with Crippen molar-refractivity contribution in [1.82, 2.24) is 9.80 Å². The van der Waals surface area contributed by atoms with E-state index in [1.165, 1.54) is 19.3 Å². The lowest BCUT2D eigenvalue weighted by atomic mass is 9.95. The Morgan fingerprint density at radius 2 is 1.75 bits per heavy atom. The monoisotopic (exact) mass is 282 g/mol. The second-order valence-electron chi connectivity index (χ2n) is 6.53. The second kappa shape index (κ2) is 7.41. The van der Waals surface area contributed by atoms with Gasteiger partial charge in [0.05, 0.1) is 12.1 Å². The minimum absolute atomic E-state index is 0.0304. The molecule has 4 nitrogen and oxygen atoms in total. The van der Waals surface area contributed by atoms with Crippen molar-refractivity contribution < 1.29 is 9.90 Å². The predicted octanol–water partition coefficient (Wildman–Crippen LogP) is 2.01. The van der Waals surface area contributed by atoms with E-state index < -0.39 is 0 Å². The first kappa shape index (κ1) is 15.8. The first-order valence-corrected chi connectivity index (χ1v) is 8.32. The van der Waals surface area contributed by atoms with Crippen molar-refractivity contribution in [2.45, 2.75) is 77.0 Å². The maximum Gasteiger partial charge on any atom is 0.239 e. The van der Waals surface area contributed by atoms with Gasteiger partial charge in [-0.2, -0.15) is 0 Å². The zero-order valence-corrected chi connectivity index (χ0v) is 13.1. The van der Waals surface area contributed by atoms with Gasteiger partial charge in [0.25, 0.3) is 0 Å². The van der Waals surface area contributed by atoms with Gasteiger partial charge in [-0.05, 0) is 58.9 Å². The number of aliphatic hydroxyl groups is 1. The van der Waals surface area contributed by atoms with Crippen molar-refractivity contribution in [3.63, 3.8) is 0 Å². The fourth-order valence-electron chi connectivity index (χ4n) is 3.70. The minimum Gasteiger partial charge on any atom is -0.393 e. The number of carbonyl (C=O) groups is 1. The molecule has 20 heavy (non-hydrogen) atoms. The van der Waals surface area contributed by atoms with E-state index in [0.29, 0.717) is 11.9 Å². The summed E-state index contributed by atoms with van der Waals surface area (Å²) >= 11 is 0. The Labute approximate surface area is 123 Å². The van der Waals surface area contributed by atoms with Gasteiger partial charge in [-0.15, -0.1) is 0 Å². The summed E-state index contributed by atoms with van der Waals surface area (Å²) in [4.78, 5) is 17.0. The number of rotatable bonds is 4. The molecule has 2 saturated heterocycles. The van der Waals surface area contributed by atoms with Crippen LogP contribution in [0.25, 0.3) is 0 Å². The molecule has 0 aromatic rings. The number of piperidine rings is 2. The number of hydrogen-bond donors (Lipinski definition) is 1. The topological polar surface area (TPSA) is 43.8 Å². The van der Waals surface area contributed by atoms with E-state index in [1.807, 2.05) is 11.8 Å². The summed E-state index contributed by atoms with van der Waals surface area (Å²) < 4.78 is 0. The molecule has 3 atom stereocenters. The van der Waals surface area contributed by atoms with E-state index in [4.69, 9.17) is 0 Å². The van der Waals surface area contributed by atoms with Gasteiger partial charge < -0.3 is 10.0 Å². The molecule has 0 spiro atoms. The minimum atomic E-state index is -0.280. The molecule has 1 amide bonds. The van der Waals surface area contributed by atoms with Gasteiger partial charge in [0.15, 0.2) is 0 Å². The molecule has 2 rings (SSSR count). The SMILES string of the molecule is CC(O)CC1CCCCN1C(C)C(=O)N1CCCCC1. The highest BCUT2D eigenvalue weighted by Gasteiger charge is 2.33. The van der Waals surface area contributed by atoms with E-state index in [1.54, 1.807) is 0 Å². The van der Waals surface area contributed by atoms with Crippen LogP contribution < -0.4 is 0 Å². The van der Waals surface area contributed by atoms with Crippen molar-refractivity contribution in [1.29, 1.82) is 0 Å². The van der Waals surface area contributed by atoms with Crippen molar-refractivity contribution in [3.8, 4) is 0 Å². The van der Waals surface area contributed by atoms with Crippen molar-refractivity contribution >= 4 is 5.91 Å². The van der Waals surface area contributed by atoms with Crippen LogP contribution in [0, 0.1) is 0 Å². The summed E-state index contributed by atoms with van der Waals surface area (Å²) in [7, 11) is 0. The Morgan fingerprint density at radius 3 is 2.40 bits per heavy atom. The Kier molecular flexibility index (Phi) is 5.85. The van der Waals surface area contributed by atoms with Gasteiger partial charge >= 0.3 is 0 Å². The highest BCUT2D eigenvalue weighted by atomic mass is 16.3. The molecule has 2 aliphatic rings. The maximum atomic E-state index is 12.7. The normalized spacial score (nSPS) is 28.1. The third-order valence-electron chi connectivity index (χ3n) is 4.81. The van der Waals surface area contributed by atoms with Gasteiger partial charge in [-0.3, -0.25) is 9.69 Å². The van der Waals surface area contributed by atoms with E-state index in [0.717, 1.165) is 45.3 Å². The lowest BCUT2D eigenvalue weighted by Crippen LogP contribution is -2.54. The molecule has 0 saturated carbocycles. The standard InChI is InChI=1S/C16H30N2O2/c1-13(19)12-15-8-4-7-11-18(15)14(2)16(20)17-9-5-3-6-10-17/h13-15,19H,3-12H2,1-2H3. The summed E-state index contributed by atoms with van der Waals surface area (Å²) in [6, 6.07) is 0.338. The smallest absolute Gasteiger partial charge is 0.239 e. The van der Waals surface area contributed by atoms with Crippen LogP contribution in [0.5, 0.6) is 0 Å². The zero-order valence-electron chi connectivity index (χ0n) is 13.1. The molecule has 2 fully saturated rings. The summed E-state index contributed by atoms with van der Waals surface area (Å²) in [5.74, 6) is 0.294. The van der Waals surface area contributed by atoms with E-state index >= 15 is 0 Å². The van der Waals surface area contributed by atoms with Crippen molar-refractivity contribution in [2.24, 2.45) is 0 Å². The highest BCUT2D eigenvalue weighted by Crippen LogP contribution is 2.24. The van der Waals surface area contributed by atoms with Gasteiger partial charge in [0.1, 0.15) is 0 Å². The van der Waals surface area contributed by atoms with Crippen molar-refractivity contribution in [2.75, 3.05) is 19.6 Å². The average molecular weight is 282 g/mol. The van der Waals surface area contributed by atoms with Crippen molar-refractivity contribution in [3.05, 3.63) is 0 Å². The second-order valence-corrected chi connectivity index (χ2v) is 6.53. The molecule has 0 aromatic carbocycles. The van der Waals surface area contributed by atoms with Crippen LogP contribution in [-0.2, 0) is 4.79 Å². The Bertz CT molecular complexity index is 314. The largest absolute Gasteiger partial charge is 0.393 e. The van der Waals surface area contributed by atoms with Gasteiger partial charge in [-0.1, -0.05) is 6.42 Å². The average Bonchev–Trinajstić information content (AvgIpc) is 2.46. The first-order valence-electron chi connectivity index (χ1n) is 8.32. The summed E-state index contributed by atoms with van der Waals surface area (Å²) in [6.07, 6.45) is 7.57. The number of aliphatic hydroxyl groups excluding tert-OH is 1. The Morgan fingerprint density at radius 1 is 1.10 bits per heavy atom. The summed E-state index contributed by atoms with van der Waals surface area (Å²) in [5, 5.41) is 9.67. The molecule has 3 unspecified atom stereocenters. The van der Waals surface area contributed by atoms with Crippen LogP contribution in [0.15, 0.2) is 0 Å². The molecule has 116 valence electrons. The predicted molar refractivity (Wildman–Crippen MR) is 80.5 cm³/mol. The fourth-order valence-corrected chi connectivity index (χ4v) is 3.70. The van der Waals surface area contributed by atoms with E-state index in [2.05, 4.69) is 11.8 Å². The molecule has 1 N–H and O–H groups in total. The number of likely N-dealkylation sites (tertiary alicyclic amines) is 2. The van der Waals surface area contributed by atoms with Gasteiger partial charge in [0.2, 0.25) is 5.91 Å². The van der Waals surface area contributed by atoms with Crippen LogP contribution in [0.1, 0.15) is 58.8 Å². The van der Waals surface area contributed by atoms with E-state index in [9.17, 15) is 9.90 Å². The molecule has 0 bridgehead atoms. The summed E-state index contributed by atoms with van der Waals surface area (Å²) in [5.41, 5.74) is 0. The highest BCUT2D eigenvalue weighted by molar-refractivity contribution is 5.81. The molecular formula is C16H30N2O2. The molecule has 0 radical (unpaired) electrons. The third kappa shape index (κ3) is 3.95. The molecule has 0 aliphatic carbocycles. The Hall–Kier alpha value is -0.610. The van der Waals surface area contributed by atoms with Gasteiger partial charge in [0, 0.05) is 19.1 Å². The van der Waals surface area contributed by atoms with Crippen LogP contribution in [-0.4, -0.2) is 58.6 Å². The first-order chi connectivity index (χ1) is 9.59. The zero-order chi connectivity index (χ0) is 14.5. The van der Waals surface area contributed by atoms with Crippen LogP contribution in [0.2, 0.25) is 0 Å². The van der Waals surface area contributed by atoms with Gasteiger partial charge in [-0.25, -0.2) is 0 Å². The lowest BCUT2D eigenvalue weighted by Gasteiger charge is -2.41. The Balaban J connectivity index is 1.96. The molecule has 4 heteroatoms. The number of nitrogens with zero attached hydrogens (tertiary/aromatic N) is 2.